The zero-order valence-corrected chi connectivity index (χ0v) is 13.9. The van der Waals surface area contributed by atoms with Gasteiger partial charge in [0.15, 0.2) is 0 Å². The molecule has 2 aromatic heterocycles. The zero-order valence-electron chi connectivity index (χ0n) is 13.1. The summed E-state index contributed by atoms with van der Waals surface area (Å²) in [6.45, 7) is 3.21. The van der Waals surface area contributed by atoms with Crippen molar-refractivity contribution >= 4 is 27.4 Å². The fourth-order valence-corrected chi connectivity index (χ4v) is 4.24. The minimum absolute atomic E-state index is 0.666. The molecule has 2 atom stereocenters. The normalized spacial score (nSPS) is 22.9. The Labute approximate surface area is 130 Å². The molecular formula is C16H24N4S. The van der Waals surface area contributed by atoms with E-state index in [0.29, 0.717) is 6.04 Å². The van der Waals surface area contributed by atoms with Crippen LogP contribution in [0.2, 0.25) is 0 Å². The molecule has 0 amide bonds. The molecule has 1 fully saturated rings. The Bertz CT molecular complexity index is 609. The van der Waals surface area contributed by atoms with Crippen molar-refractivity contribution in [3.05, 3.63) is 17.3 Å². The molecule has 0 aromatic carbocycles. The molecule has 4 nitrogen and oxygen atoms in total. The van der Waals surface area contributed by atoms with Gasteiger partial charge in [-0.3, -0.25) is 4.90 Å². The van der Waals surface area contributed by atoms with E-state index in [0.717, 1.165) is 34.3 Å². The molecule has 1 aliphatic rings. The molecule has 5 heteroatoms. The maximum Gasteiger partial charge on any atom is 0.146 e. The van der Waals surface area contributed by atoms with E-state index in [4.69, 9.17) is 9.97 Å². The lowest BCUT2D eigenvalue weighted by atomic mass is 9.85. The van der Waals surface area contributed by atoms with Crippen LogP contribution in [0.3, 0.4) is 0 Å². The maximum absolute atomic E-state index is 4.73. The molecule has 2 aromatic rings. The highest BCUT2D eigenvalue weighted by Gasteiger charge is 2.25. The summed E-state index contributed by atoms with van der Waals surface area (Å²) < 4.78 is 0. The summed E-state index contributed by atoms with van der Waals surface area (Å²) in [5.74, 6) is 2.65. The zero-order chi connectivity index (χ0) is 14.8. The van der Waals surface area contributed by atoms with Crippen molar-refractivity contribution < 1.29 is 0 Å². The smallest absolute Gasteiger partial charge is 0.146 e. The number of hydrogen-bond acceptors (Lipinski definition) is 5. The summed E-state index contributed by atoms with van der Waals surface area (Å²) >= 11 is 1.68. The van der Waals surface area contributed by atoms with Crippen LogP contribution in [0.1, 0.15) is 38.4 Å². The van der Waals surface area contributed by atoms with E-state index in [1.165, 1.54) is 25.7 Å². The van der Waals surface area contributed by atoms with E-state index < -0.39 is 0 Å². The van der Waals surface area contributed by atoms with E-state index in [1.807, 2.05) is 7.05 Å². The summed E-state index contributed by atoms with van der Waals surface area (Å²) in [6, 6.07) is 2.75. The van der Waals surface area contributed by atoms with Crippen LogP contribution in [-0.4, -0.2) is 35.0 Å². The van der Waals surface area contributed by atoms with Crippen molar-refractivity contribution in [1.29, 1.82) is 0 Å². The Morgan fingerprint density at radius 2 is 2.14 bits per heavy atom. The second-order valence-electron chi connectivity index (χ2n) is 6.12. The molecule has 2 heterocycles. The number of nitrogens with zero attached hydrogens (tertiary/aromatic N) is 3. The Kier molecular flexibility index (Phi) is 4.40. The van der Waals surface area contributed by atoms with Crippen LogP contribution >= 0.6 is 11.3 Å². The molecule has 1 aliphatic carbocycles. The van der Waals surface area contributed by atoms with Crippen LogP contribution in [-0.2, 0) is 6.54 Å². The van der Waals surface area contributed by atoms with Gasteiger partial charge in [-0.25, -0.2) is 9.97 Å². The summed E-state index contributed by atoms with van der Waals surface area (Å²) in [7, 11) is 4.14. The van der Waals surface area contributed by atoms with Crippen LogP contribution in [0, 0.1) is 5.92 Å². The van der Waals surface area contributed by atoms with Crippen molar-refractivity contribution in [3.63, 3.8) is 0 Å². The SMILES string of the molecule is CNc1nc(CN(C)C2CCCCC2C)nc2sccc12. The van der Waals surface area contributed by atoms with E-state index in [-0.39, 0.29) is 0 Å². The van der Waals surface area contributed by atoms with Crippen LogP contribution in [0.15, 0.2) is 11.4 Å². The van der Waals surface area contributed by atoms with Crippen molar-refractivity contribution in [1.82, 2.24) is 14.9 Å². The lowest BCUT2D eigenvalue weighted by Gasteiger charge is -2.35. The quantitative estimate of drug-likeness (QED) is 0.934. The Hall–Kier alpha value is -1.20. The first-order chi connectivity index (χ1) is 10.2. The monoisotopic (exact) mass is 304 g/mol. The Morgan fingerprint density at radius 3 is 2.90 bits per heavy atom. The highest BCUT2D eigenvalue weighted by molar-refractivity contribution is 7.16. The first-order valence-corrected chi connectivity index (χ1v) is 8.69. The van der Waals surface area contributed by atoms with Gasteiger partial charge >= 0.3 is 0 Å². The van der Waals surface area contributed by atoms with Crippen molar-refractivity contribution in [2.75, 3.05) is 19.4 Å². The second-order valence-corrected chi connectivity index (χ2v) is 7.02. The Balaban J connectivity index is 1.80. The molecule has 0 aliphatic heterocycles. The number of rotatable bonds is 4. The highest BCUT2D eigenvalue weighted by Crippen LogP contribution is 2.29. The van der Waals surface area contributed by atoms with Gasteiger partial charge in [-0.1, -0.05) is 19.8 Å². The number of aromatic nitrogens is 2. The average Bonchev–Trinajstić information content (AvgIpc) is 2.95. The van der Waals surface area contributed by atoms with Crippen molar-refractivity contribution in [2.45, 2.75) is 45.2 Å². The topological polar surface area (TPSA) is 41.1 Å². The minimum atomic E-state index is 0.666. The summed E-state index contributed by atoms with van der Waals surface area (Å²) in [5.41, 5.74) is 0. The Morgan fingerprint density at radius 1 is 1.33 bits per heavy atom. The van der Waals surface area contributed by atoms with Gasteiger partial charge in [-0.15, -0.1) is 11.3 Å². The number of thiophene rings is 1. The summed E-state index contributed by atoms with van der Waals surface area (Å²) in [4.78, 5) is 12.9. The number of fused-ring (bicyclic) bond motifs is 1. The minimum Gasteiger partial charge on any atom is -0.372 e. The molecule has 2 unspecified atom stereocenters. The second kappa shape index (κ2) is 6.28. The highest BCUT2D eigenvalue weighted by atomic mass is 32.1. The molecule has 0 bridgehead atoms. The number of anilines is 1. The van der Waals surface area contributed by atoms with Gasteiger partial charge in [0.1, 0.15) is 16.5 Å². The maximum atomic E-state index is 4.73. The molecular weight excluding hydrogens is 280 g/mol. The number of nitrogens with one attached hydrogen (secondary N) is 1. The molecule has 0 saturated heterocycles. The van der Waals surface area contributed by atoms with Crippen molar-refractivity contribution in [3.8, 4) is 0 Å². The fourth-order valence-electron chi connectivity index (χ4n) is 3.45. The molecule has 114 valence electrons. The fraction of sp³-hybridized carbons (Fsp3) is 0.625. The third-order valence-electron chi connectivity index (χ3n) is 4.63. The van der Waals surface area contributed by atoms with Crippen LogP contribution < -0.4 is 5.32 Å². The van der Waals surface area contributed by atoms with Crippen LogP contribution in [0.4, 0.5) is 5.82 Å². The summed E-state index contributed by atoms with van der Waals surface area (Å²) in [6.07, 6.45) is 5.39. The molecule has 0 radical (unpaired) electrons. The molecule has 0 spiro atoms. The predicted octanol–water partition coefficient (Wildman–Crippen LogP) is 3.74. The third-order valence-corrected chi connectivity index (χ3v) is 5.44. The summed E-state index contributed by atoms with van der Waals surface area (Å²) in [5, 5.41) is 6.40. The first-order valence-electron chi connectivity index (χ1n) is 7.81. The average molecular weight is 304 g/mol. The van der Waals surface area contributed by atoms with E-state index in [1.54, 1.807) is 11.3 Å². The van der Waals surface area contributed by atoms with E-state index >= 15 is 0 Å². The van der Waals surface area contributed by atoms with Crippen molar-refractivity contribution in [2.24, 2.45) is 5.92 Å². The standard InChI is InChI=1S/C16H24N4S/c1-11-6-4-5-7-13(11)20(3)10-14-18-15(17-2)12-8-9-21-16(12)19-14/h8-9,11,13H,4-7,10H2,1-3H3,(H,17,18,19). The lowest BCUT2D eigenvalue weighted by molar-refractivity contribution is 0.130. The molecule has 3 rings (SSSR count). The predicted molar refractivity (Wildman–Crippen MR) is 89.8 cm³/mol. The lowest BCUT2D eigenvalue weighted by Crippen LogP contribution is -2.38. The van der Waals surface area contributed by atoms with Gasteiger partial charge in [-0.05, 0) is 37.3 Å². The van der Waals surface area contributed by atoms with Gasteiger partial charge in [0, 0.05) is 13.1 Å². The van der Waals surface area contributed by atoms with Crippen LogP contribution in [0.5, 0.6) is 0 Å². The van der Waals surface area contributed by atoms with E-state index in [2.05, 4.69) is 35.6 Å². The van der Waals surface area contributed by atoms with Gasteiger partial charge in [0.2, 0.25) is 0 Å². The van der Waals surface area contributed by atoms with Gasteiger partial charge in [0.05, 0.1) is 11.9 Å². The molecule has 1 N–H and O–H groups in total. The first kappa shape index (κ1) is 14.7. The number of hydrogen-bond donors (Lipinski definition) is 1. The molecule has 21 heavy (non-hydrogen) atoms. The van der Waals surface area contributed by atoms with Gasteiger partial charge in [0.25, 0.3) is 0 Å². The van der Waals surface area contributed by atoms with Gasteiger partial charge in [-0.2, -0.15) is 0 Å². The largest absolute Gasteiger partial charge is 0.372 e. The van der Waals surface area contributed by atoms with E-state index in [9.17, 15) is 0 Å². The van der Waals surface area contributed by atoms with Crippen LogP contribution in [0.25, 0.3) is 10.2 Å². The molecule has 1 saturated carbocycles. The van der Waals surface area contributed by atoms with Gasteiger partial charge < -0.3 is 5.32 Å². The third kappa shape index (κ3) is 3.04.